The van der Waals surface area contributed by atoms with E-state index in [9.17, 15) is 9.90 Å². The maximum absolute atomic E-state index is 11.2. The molecule has 7 heteroatoms. The number of carbonyl (C=O) groups is 1. The fraction of sp³-hybridized carbons (Fsp3) is 0.385. The van der Waals surface area contributed by atoms with E-state index >= 15 is 0 Å². The van der Waals surface area contributed by atoms with Crippen LogP contribution in [0.5, 0.6) is 0 Å². The molecule has 6 nitrogen and oxygen atoms in total. The van der Waals surface area contributed by atoms with Gasteiger partial charge < -0.3 is 19.7 Å². The highest BCUT2D eigenvalue weighted by molar-refractivity contribution is 6.31. The zero-order valence-electron chi connectivity index (χ0n) is 10.9. The second kappa shape index (κ2) is 4.96. The van der Waals surface area contributed by atoms with Gasteiger partial charge in [-0.25, -0.2) is 4.79 Å². The summed E-state index contributed by atoms with van der Waals surface area (Å²) in [7, 11) is 0. The van der Waals surface area contributed by atoms with Gasteiger partial charge in [-0.2, -0.15) is 4.98 Å². The van der Waals surface area contributed by atoms with Gasteiger partial charge in [0.05, 0.1) is 0 Å². The molecular formula is C13H14ClN3O3. The van der Waals surface area contributed by atoms with E-state index in [2.05, 4.69) is 17.2 Å². The molecule has 0 radical (unpaired) electrons. The number of carboxylic acid groups (broad SMARTS) is 1. The number of oxazole rings is 1. The molecule has 2 aromatic rings. The number of anilines is 1. The molecule has 1 unspecified atom stereocenters. The lowest BCUT2D eigenvalue weighted by atomic mass is 10.2. The Kier molecular flexibility index (Phi) is 3.27. The van der Waals surface area contributed by atoms with E-state index in [1.807, 2.05) is 4.90 Å². The molecule has 106 valence electrons. The molecule has 0 aliphatic carbocycles. The number of carboxylic acids is 1. The van der Waals surface area contributed by atoms with Crippen LogP contribution in [0.1, 0.15) is 17.3 Å². The lowest BCUT2D eigenvalue weighted by molar-refractivity contribution is 0.0698. The summed E-state index contributed by atoms with van der Waals surface area (Å²) in [5.74, 6) is -1.08. The summed E-state index contributed by atoms with van der Waals surface area (Å²) in [6, 6.07) is 3.77. The van der Waals surface area contributed by atoms with Crippen molar-refractivity contribution < 1.29 is 14.3 Å². The predicted molar refractivity (Wildman–Crippen MR) is 75.7 cm³/mol. The fourth-order valence-electron chi connectivity index (χ4n) is 2.39. The Bertz CT molecular complexity index is 670. The lowest BCUT2D eigenvalue weighted by Gasteiger charge is -2.30. The summed E-state index contributed by atoms with van der Waals surface area (Å²) in [4.78, 5) is 17.6. The number of nitrogens with zero attached hydrogens (tertiary/aromatic N) is 2. The van der Waals surface area contributed by atoms with Gasteiger partial charge in [-0.05, 0) is 19.1 Å². The third-order valence-corrected chi connectivity index (χ3v) is 3.53. The van der Waals surface area contributed by atoms with Crippen molar-refractivity contribution in [2.75, 3.05) is 24.5 Å². The van der Waals surface area contributed by atoms with Crippen molar-refractivity contribution in [1.29, 1.82) is 0 Å². The summed E-state index contributed by atoms with van der Waals surface area (Å²) >= 11 is 5.92. The molecule has 2 heterocycles. The van der Waals surface area contributed by atoms with Gasteiger partial charge in [0.15, 0.2) is 5.58 Å². The van der Waals surface area contributed by atoms with E-state index in [0.717, 1.165) is 19.6 Å². The van der Waals surface area contributed by atoms with Crippen molar-refractivity contribution in [2.24, 2.45) is 0 Å². The average Bonchev–Trinajstić information content (AvgIpc) is 2.81. The Balaban J connectivity index is 2.06. The summed E-state index contributed by atoms with van der Waals surface area (Å²) in [6.45, 7) is 4.46. The standard InChI is InChI=1S/C13H14ClN3O3/c1-7-6-17(3-2-15-7)13-16-10-5-8(14)4-9(12(18)19)11(10)20-13/h4-5,7,15H,2-3,6H2,1H3,(H,18,19). The number of piperazine rings is 1. The van der Waals surface area contributed by atoms with Gasteiger partial charge in [0.1, 0.15) is 11.1 Å². The molecule has 0 bridgehead atoms. The molecule has 1 fully saturated rings. The first-order valence-electron chi connectivity index (χ1n) is 6.36. The van der Waals surface area contributed by atoms with Crippen LogP contribution in [0, 0.1) is 0 Å². The molecule has 0 amide bonds. The molecule has 1 atom stereocenters. The fourth-order valence-corrected chi connectivity index (χ4v) is 2.60. The molecule has 1 aliphatic rings. The molecule has 1 aliphatic heterocycles. The first-order chi connectivity index (χ1) is 9.54. The van der Waals surface area contributed by atoms with Crippen LogP contribution in [-0.4, -0.2) is 41.7 Å². The number of hydrogen-bond donors (Lipinski definition) is 2. The monoisotopic (exact) mass is 295 g/mol. The van der Waals surface area contributed by atoms with Gasteiger partial charge >= 0.3 is 5.97 Å². The smallest absolute Gasteiger partial charge is 0.339 e. The zero-order chi connectivity index (χ0) is 14.3. The Morgan fingerprint density at radius 3 is 3.10 bits per heavy atom. The van der Waals surface area contributed by atoms with Gasteiger partial charge in [-0.15, -0.1) is 0 Å². The van der Waals surface area contributed by atoms with Crippen LogP contribution in [-0.2, 0) is 0 Å². The quantitative estimate of drug-likeness (QED) is 0.882. The SMILES string of the molecule is CC1CN(c2nc3cc(Cl)cc(C(=O)O)c3o2)CCN1. The number of halogens is 1. The molecule has 1 aromatic carbocycles. The Morgan fingerprint density at radius 1 is 1.60 bits per heavy atom. The van der Waals surface area contributed by atoms with Crippen LogP contribution in [0.25, 0.3) is 11.1 Å². The van der Waals surface area contributed by atoms with Crippen LogP contribution in [0.4, 0.5) is 6.01 Å². The van der Waals surface area contributed by atoms with Gasteiger partial charge in [-0.3, -0.25) is 0 Å². The molecule has 3 rings (SSSR count). The molecule has 1 saturated heterocycles. The third-order valence-electron chi connectivity index (χ3n) is 3.31. The Morgan fingerprint density at radius 2 is 2.40 bits per heavy atom. The van der Waals surface area contributed by atoms with Gasteiger partial charge in [0, 0.05) is 30.7 Å². The highest BCUT2D eigenvalue weighted by Gasteiger charge is 2.22. The Hall–Kier alpha value is -1.79. The first kappa shape index (κ1) is 13.2. The van der Waals surface area contributed by atoms with E-state index in [4.69, 9.17) is 16.0 Å². The third kappa shape index (κ3) is 2.32. The summed E-state index contributed by atoms with van der Waals surface area (Å²) in [5, 5.41) is 12.9. The number of rotatable bonds is 2. The van der Waals surface area contributed by atoms with Crippen molar-refractivity contribution in [3.63, 3.8) is 0 Å². The van der Waals surface area contributed by atoms with Crippen LogP contribution in [0.15, 0.2) is 16.5 Å². The average molecular weight is 296 g/mol. The van der Waals surface area contributed by atoms with Crippen LogP contribution in [0.3, 0.4) is 0 Å². The second-order valence-electron chi connectivity index (χ2n) is 4.90. The van der Waals surface area contributed by atoms with Crippen molar-refractivity contribution in [2.45, 2.75) is 13.0 Å². The maximum atomic E-state index is 11.2. The van der Waals surface area contributed by atoms with E-state index in [1.165, 1.54) is 6.07 Å². The predicted octanol–water partition coefficient (Wildman–Crippen LogP) is 1.98. The molecule has 0 saturated carbocycles. The number of benzene rings is 1. The minimum absolute atomic E-state index is 0.0365. The Labute approximate surface area is 120 Å². The minimum Gasteiger partial charge on any atom is -0.478 e. The van der Waals surface area contributed by atoms with Crippen molar-refractivity contribution in [1.82, 2.24) is 10.3 Å². The van der Waals surface area contributed by atoms with Crippen molar-refractivity contribution in [3.8, 4) is 0 Å². The largest absolute Gasteiger partial charge is 0.478 e. The molecular weight excluding hydrogens is 282 g/mol. The summed E-state index contributed by atoms with van der Waals surface area (Å²) in [6.07, 6.45) is 0. The number of aromatic carboxylic acids is 1. The highest BCUT2D eigenvalue weighted by atomic mass is 35.5. The topological polar surface area (TPSA) is 78.6 Å². The van der Waals surface area contributed by atoms with Crippen molar-refractivity contribution in [3.05, 3.63) is 22.7 Å². The molecule has 20 heavy (non-hydrogen) atoms. The lowest BCUT2D eigenvalue weighted by Crippen LogP contribution is -2.49. The van der Waals surface area contributed by atoms with Gasteiger partial charge in [0.2, 0.25) is 0 Å². The van der Waals surface area contributed by atoms with Crippen molar-refractivity contribution >= 4 is 34.7 Å². The normalized spacial score (nSPS) is 19.5. The number of hydrogen-bond acceptors (Lipinski definition) is 5. The summed E-state index contributed by atoms with van der Waals surface area (Å²) in [5.41, 5.74) is 0.772. The van der Waals surface area contributed by atoms with Gasteiger partial charge in [-0.1, -0.05) is 11.6 Å². The van der Waals surface area contributed by atoms with E-state index < -0.39 is 5.97 Å². The van der Waals surface area contributed by atoms with E-state index in [-0.39, 0.29) is 11.1 Å². The highest BCUT2D eigenvalue weighted by Crippen LogP contribution is 2.28. The zero-order valence-corrected chi connectivity index (χ0v) is 11.6. The van der Waals surface area contributed by atoms with Gasteiger partial charge in [0.25, 0.3) is 6.01 Å². The molecule has 1 aromatic heterocycles. The number of aromatic nitrogens is 1. The minimum atomic E-state index is -1.08. The van der Waals surface area contributed by atoms with Crippen LogP contribution in [0.2, 0.25) is 5.02 Å². The van der Waals surface area contributed by atoms with E-state index in [1.54, 1.807) is 6.07 Å². The molecule has 0 spiro atoms. The second-order valence-corrected chi connectivity index (χ2v) is 5.34. The first-order valence-corrected chi connectivity index (χ1v) is 6.74. The van der Waals surface area contributed by atoms with E-state index in [0.29, 0.717) is 22.6 Å². The maximum Gasteiger partial charge on any atom is 0.339 e. The number of nitrogens with one attached hydrogen (secondary N) is 1. The molecule has 2 N–H and O–H groups in total. The summed E-state index contributed by atoms with van der Waals surface area (Å²) < 4.78 is 5.65. The van der Waals surface area contributed by atoms with Crippen LogP contribution < -0.4 is 10.2 Å². The van der Waals surface area contributed by atoms with Crippen LogP contribution >= 0.6 is 11.6 Å². The number of fused-ring (bicyclic) bond motifs is 1.